The van der Waals surface area contributed by atoms with Crippen LogP contribution in [-0.4, -0.2) is 11.2 Å². The summed E-state index contributed by atoms with van der Waals surface area (Å²) < 4.78 is 18.5. The lowest BCUT2D eigenvalue weighted by Gasteiger charge is -2.25. The fraction of sp³-hybridized carbons (Fsp3) is 0.400. The van der Waals surface area contributed by atoms with E-state index in [1.54, 1.807) is 12.1 Å². The van der Waals surface area contributed by atoms with E-state index in [1.165, 1.54) is 17.7 Å². The normalized spacial score (nSPS) is 12.9. The maximum Gasteiger partial charge on any atom is 0.123 e. The van der Waals surface area contributed by atoms with E-state index in [2.05, 4.69) is 0 Å². The summed E-state index contributed by atoms with van der Waals surface area (Å²) in [4.78, 5) is 0. The van der Waals surface area contributed by atoms with Gasteiger partial charge < -0.3 is 9.84 Å². The van der Waals surface area contributed by atoms with Crippen LogP contribution in [-0.2, 0) is 13.0 Å². The highest BCUT2D eigenvalue weighted by Gasteiger charge is 2.21. The SMILES string of the molecule is CC(C)(C)C(O)CCc1ccc(OCc2ccc(F)cc2)cc1. The lowest BCUT2D eigenvalue weighted by Crippen LogP contribution is -2.26. The zero-order valence-corrected chi connectivity index (χ0v) is 14.1. The summed E-state index contributed by atoms with van der Waals surface area (Å²) in [7, 11) is 0. The van der Waals surface area contributed by atoms with Crippen molar-refractivity contribution in [3.05, 3.63) is 65.5 Å². The minimum Gasteiger partial charge on any atom is -0.489 e. The molecule has 3 heteroatoms. The van der Waals surface area contributed by atoms with Crippen LogP contribution in [0.15, 0.2) is 48.5 Å². The van der Waals surface area contributed by atoms with Crippen LogP contribution in [0.5, 0.6) is 5.75 Å². The number of hydrogen-bond acceptors (Lipinski definition) is 2. The molecule has 0 saturated heterocycles. The number of benzene rings is 2. The van der Waals surface area contributed by atoms with Gasteiger partial charge in [-0.3, -0.25) is 0 Å². The first kappa shape index (κ1) is 17.5. The molecule has 2 aromatic rings. The lowest BCUT2D eigenvalue weighted by atomic mass is 9.86. The first-order chi connectivity index (χ1) is 10.8. The van der Waals surface area contributed by atoms with Gasteiger partial charge in [-0.05, 0) is 53.6 Å². The van der Waals surface area contributed by atoms with Crippen LogP contribution in [0, 0.1) is 11.2 Å². The molecule has 0 saturated carbocycles. The minimum absolute atomic E-state index is 0.0851. The zero-order valence-electron chi connectivity index (χ0n) is 14.1. The highest BCUT2D eigenvalue weighted by atomic mass is 19.1. The molecular weight excluding hydrogens is 291 g/mol. The van der Waals surface area contributed by atoms with Gasteiger partial charge in [0.2, 0.25) is 0 Å². The molecule has 124 valence electrons. The van der Waals surface area contributed by atoms with Crippen molar-refractivity contribution in [3.63, 3.8) is 0 Å². The fourth-order valence-corrected chi connectivity index (χ4v) is 2.24. The molecule has 0 bridgehead atoms. The molecule has 2 nitrogen and oxygen atoms in total. The average molecular weight is 316 g/mol. The summed E-state index contributed by atoms with van der Waals surface area (Å²) in [6.45, 7) is 6.56. The second-order valence-corrected chi connectivity index (χ2v) is 6.98. The molecule has 1 unspecified atom stereocenters. The van der Waals surface area contributed by atoms with Crippen molar-refractivity contribution in [2.45, 2.75) is 46.3 Å². The molecule has 1 atom stereocenters. The third kappa shape index (κ3) is 5.68. The Morgan fingerprint density at radius 2 is 1.52 bits per heavy atom. The number of ether oxygens (including phenoxy) is 1. The summed E-state index contributed by atoms with van der Waals surface area (Å²) >= 11 is 0. The molecule has 0 aromatic heterocycles. The van der Waals surface area contributed by atoms with E-state index in [0.717, 1.165) is 24.2 Å². The molecular formula is C20H25FO2. The van der Waals surface area contributed by atoms with Crippen LogP contribution < -0.4 is 4.74 Å². The Bertz CT molecular complexity index is 597. The van der Waals surface area contributed by atoms with Gasteiger partial charge in [-0.25, -0.2) is 4.39 Å². The molecule has 0 radical (unpaired) electrons. The average Bonchev–Trinajstić information content (AvgIpc) is 2.52. The number of aliphatic hydroxyl groups is 1. The fourth-order valence-electron chi connectivity index (χ4n) is 2.24. The van der Waals surface area contributed by atoms with Gasteiger partial charge >= 0.3 is 0 Å². The monoisotopic (exact) mass is 316 g/mol. The van der Waals surface area contributed by atoms with Crippen LogP contribution in [0.25, 0.3) is 0 Å². The van der Waals surface area contributed by atoms with Gasteiger partial charge in [0.1, 0.15) is 18.2 Å². The number of rotatable bonds is 6. The molecule has 0 heterocycles. The van der Waals surface area contributed by atoms with E-state index >= 15 is 0 Å². The largest absolute Gasteiger partial charge is 0.489 e. The Morgan fingerprint density at radius 1 is 0.957 bits per heavy atom. The Kier molecular flexibility index (Phi) is 5.78. The quantitative estimate of drug-likeness (QED) is 0.834. The van der Waals surface area contributed by atoms with E-state index in [1.807, 2.05) is 45.0 Å². The third-order valence-corrected chi connectivity index (χ3v) is 3.95. The third-order valence-electron chi connectivity index (χ3n) is 3.95. The van der Waals surface area contributed by atoms with E-state index < -0.39 is 0 Å². The Balaban J connectivity index is 1.83. The van der Waals surface area contributed by atoms with Gasteiger partial charge in [0, 0.05) is 0 Å². The molecule has 2 aromatic carbocycles. The van der Waals surface area contributed by atoms with Crippen molar-refractivity contribution in [2.75, 3.05) is 0 Å². The Labute approximate surface area is 137 Å². The second kappa shape index (κ2) is 7.60. The maximum absolute atomic E-state index is 12.8. The van der Waals surface area contributed by atoms with E-state index in [0.29, 0.717) is 6.61 Å². The molecule has 0 spiro atoms. The highest BCUT2D eigenvalue weighted by molar-refractivity contribution is 5.28. The number of aliphatic hydroxyl groups excluding tert-OH is 1. The van der Waals surface area contributed by atoms with Crippen LogP contribution in [0.1, 0.15) is 38.3 Å². The predicted octanol–water partition coefficient (Wildman–Crippen LogP) is 4.74. The molecule has 0 fully saturated rings. The Morgan fingerprint density at radius 3 is 2.09 bits per heavy atom. The molecule has 0 amide bonds. The maximum atomic E-state index is 12.8. The summed E-state index contributed by atoms with van der Waals surface area (Å²) in [6, 6.07) is 14.2. The van der Waals surface area contributed by atoms with Gasteiger partial charge in [-0.1, -0.05) is 45.0 Å². The number of halogens is 1. The van der Waals surface area contributed by atoms with E-state index in [9.17, 15) is 9.50 Å². The van der Waals surface area contributed by atoms with Crippen molar-refractivity contribution in [1.29, 1.82) is 0 Å². The molecule has 2 rings (SSSR count). The van der Waals surface area contributed by atoms with Crippen molar-refractivity contribution in [3.8, 4) is 5.75 Å². The molecule has 1 N–H and O–H groups in total. The molecule has 0 aliphatic carbocycles. The molecule has 23 heavy (non-hydrogen) atoms. The number of hydrogen-bond donors (Lipinski definition) is 1. The predicted molar refractivity (Wildman–Crippen MR) is 91.0 cm³/mol. The van der Waals surface area contributed by atoms with Crippen molar-refractivity contribution < 1.29 is 14.2 Å². The first-order valence-electron chi connectivity index (χ1n) is 7.99. The second-order valence-electron chi connectivity index (χ2n) is 6.98. The highest BCUT2D eigenvalue weighted by Crippen LogP contribution is 2.23. The Hall–Kier alpha value is -1.87. The van der Waals surface area contributed by atoms with Gasteiger partial charge in [-0.15, -0.1) is 0 Å². The van der Waals surface area contributed by atoms with Gasteiger partial charge in [-0.2, -0.15) is 0 Å². The van der Waals surface area contributed by atoms with E-state index in [-0.39, 0.29) is 17.3 Å². The summed E-state index contributed by atoms with van der Waals surface area (Å²) in [5, 5.41) is 10.1. The van der Waals surface area contributed by atoms with Crippen LogP contribution in [0.4, 0.5) is 4.39 Å². The summed E-state index contributed by atoms with van der Waals surface area (Å²) in [5.41, 5.74) is 2.03. The summed E-state index contributed by atoms with van der Waals surface area (Å²) in [6.07, 6.45) is 1.28. The topological polar surface area (TPSA) is 29.5 Å². The molecule has 0 aliphatic heterocycles. The van der Waals surface area contributed by atoms with Crippen LogP contribution in [0.3, 0.4) is 0 Å². The van der Waals surface area contributed by atoms with Crippen molar-refractivity contribution in [2.24, 2.45) is 5.41 Å². The lowest BCUT2D eigenvalue weighted by molar-refractivity contribution is 0.0560. The van der Waals surface area contributed by atoms with Crippen molar-refractivity contribution in [1.82, 2.24) is 0 Å². The first-order valence-corrected chi connectivity index (χ1v) is 7.99. The van der Waals surface area contributed by atoms with Gasteiger partial charge in [0.25, 0.3) is 0 Å². The number of aryl methyl sites for hydroxylation is 1. The van der Waals surface area contributed by atoms with Crippen molar-refractivity contribution >= 4 is 0 Å². The summed E-state index contributed by atoms with van der Waals surface area (Å²) in [5.74, 6) is 0.546. The minimum atomic E-state index is -0.308. The standard InChI is InChI=1S/C20H25FO2/c1-20(2,3)19(22)13-8-15-6-11-18(12-7-15)23-14-16-4-9-17(21)10-5-16/h4-7,9-12,19,22H,8,13-14H2,1-3H3. The van der Waals surface area contributed by atoms with Crippen LogP contribution >= 0.6 is 0 Å². The zero-order chi connectivity index (χ0) is 16.9. The van der Waals surface area contributed by atoms with E-state index in [4.69, 9.17) is 4.74 Å². The van der Waals surface area contributed by atoms with Gasteiger partial charge in [0.05, 0.1) is 6.10 Å². The smallest absolute Gasteiger partial charge is 0.123 e. The van der Waals surface area contributed by atoms with Crippen LogP contribution in [0.2, 0.25) is 0 Å². The van der Waals surface area contributed by atoms with Gasteiger partial charge in [0.15, 0.2) is 0 Å². The molecule has 0 aliphatic rings.